The van der Waals surface area contributed by atoms with Crippen molar-refractivity contribution in [2.24, 2.45) is 0 Å². The average Bonchev–Trinajstić information content (AvgIpc) is 3.15. The molecule has 1 unspecified atom stereocenters. The molecule has 0 spiro atoms. The fourth-order valence-electron chi connectivity index (χ4n) is 2.67. The van der Waals surface area contributed by atoms with Crippen LogP contribution in [0.5, 0.6) is 0 Å². The van der Waals surface area contributed by atoms with E-state index in [2.05, 4.69) is 25.6 Å². The number of rotatable bonds is 7. The molecule has 1 aromatic carbocycles. The lowest BCUT2D eigenvalue weighted by molar-refractivity contribution is -0.137. The van der Waals surface area contributed by atoms with Crippen LogP contribution in [-0.4, -0.2) is 32.1 Å². The van der Waals surface area contributed by atoms with Crippen molar-refractivity contribution in [1.82, 2.24) is 24.8 Å². The van der Waals surface area contributed by atoms with Gasteiger partial charge in [0.05, 0.1) is 5.56 Å². The minimum absolute atomic E-state index is 0.0550. The predicted octanol–water partition coefficient (Wildman–Crippen LogP) is 3.58. The van der Waals surface area contributed by atoms with Gasteiger partial charge < -0.3 is 10.6 Å². The van der Waals surface area contributed by atoms with E-state index in [9.17, 15) is 13.2 Å². The van der Waals surface area contributed by atoms with E-state index in [0.717, 1.165) is 23.4 Å². The summed E-state index contributed by atoms with van der Waals surface area (Å²) in [6.07, 6.45) is 0.753. The number of halogens is 3. The highest BCUT2D eigenvalue weighted by Gasteiger charge is 2.29. The second-order valence-electron chi connectivity index (χ2n) is 6.54. The second kappa shape index (κ2) is 8.39. The molecule has 2 aromatic heterocycles. The van der Waals surface area contributed by atoms with E-state index in [-0.39, 0.29) is 6.04 Å². The van der Waals surface area contributed by atoms with Crippen molar-refractivity contribution >= 4 is 5.82 Å². The lowest BCUT2D eigenvalue weighted by atomic mass is 10.1. The molecule has 28 heavy (non-hydrogen) atoms. The monoisotopic (exact) mass is 390 g/mol. The van der Waals surface area contributed by atoms with E-state index in [1.54, 1.807) is 23.3 Å². The fourth-order valence-corrected chi connectivity index (χ4v) is 2.67. The number of hydrogen-bond acceptors (Lipinski definition) is 5. The minimum Gasteiger partial charge on any atom is -0.366 e. The Morgan fingerprint density at radius 3 is 2.54 bits per heavy atom. The van der Waals surface area contributed by atoms with E-state index in [0.29, 0.717) is 24.9 Å². The normalized spacial score (nSPS) is 12.8. The van der Waals surface area contributed by atoms with Gasteiger partial charge in [-0.05, 0) is 31.5 Å². The van der Waals surface area contributed by atoms with E-state index < -0.39 is 11.7 Å². The first-order valence-corrected chi connectivity index (χ1v) is 8.78. The van der Waals surface area contributed by atoms with Crippen molar-refractivity contribution in [2.75, 3.05) is 11.9 Å². The van der Waals surface area contributed by atoms with Gasteiger partial charge in [-0.3, -0.25) is 4.57 Å². The van der Waals surface area contributed by atoms with Crippen molar-refractivity contribution in [3.05, 3.63) is 65.9 Å². The summed E-state index contributed by atoms with van der Waals surface area (Å²) in [6.45, 7) is 4.98. The summed E-state index contributed by atoms with van der Waals surface area (Å²) in [6, 6.07) is 7.07. The van der Waals surface area contributed by atoms with Crippen LogP contribution in [-0.2, 0) is 12.7 Å². The van der Waals surface area contributed by atoms with Crippen molar-refractivity contribution in [3.8, 4) is 5.95 Å². The Morgan fingerprint density at radius 1 is 1.14 bits per heavy atom. The van der Waals surface area contributed by atoms with Crippen molar-refractivity contribution in [2.45, 2.75) is 32.6 Å². The summed E-state index contributed by atoms with van der Waals surface area (Å²) in [5.74, 6) is 1.23. The molecule has 0 amide bonds. The number of nitrogens with one attached hydrogen (secondary N) is 2. The van der Waals surface area contributed by atoms with Crippen LogP contribution in [0.4, 0.5) is 19.0 Å². The smallest absolute Gasteiger partial charge is 0.366 e. The molecule has 9 heteroatoms. The Bertz CT molecular complexity index is 891. The van der Waals surface area contributed by atoms with Gasteiger partial charge in [-0.15, -0.1) is 0 Å². The maximum Gasteiger partial charge on any atom is 0.416 e. The minimum atomic E-state index is -4.31. The summed E-state index contributed by atoms with van der Waals surface area (Å²) in [7, 11) is 0. The third-order valence-electron chi connectivity index (χ3n) is 4.03. The van der Waals surface area contributed by atoms with Crippen molar-refractivity contribution in [3.63, 3.8) is 0 Å². The van der Waals surface area contributed by atoms with E-state index in [1.807, 2.05) is 19.9 Å². The largest absolute Gasteiger partial charge is 0.416 e. The Morgan fingerprint density at radius 2 is 1.89 bits per heavy atom. The number of nitrogens with zero attached hydrogens (tertiary/aromatic N) is 4. The summed E-state index contributed by atoms with van der Waals surface area (Å²) in [5, 5.41) is 6.54. The lowest BCUT2D eigenvalue weighted by Crippen LogP contribution is -2.30. The first-order valence-electron chi connectivity index (χ1n) is 8.78. The zero-order valence-electron chi connectivity index (χ0n) is 15.5. The zero-order valence-corrected chi connectivity index (χ0v) is 15.5. The molecule has 0 fully saturated rings. The zero-order chi connectivity index (χ0) is 20.1. The summed E-state index contributed by atoms with van der Waals surface area (Å²) < 4.78 is 39.5. The molecule has 0 aliphatic heterocycles. The van der Waals surface area contributed by atoms with Crippen LogP contribution in [0.25, 0.3) is 5.95 Å². The third-order valence-corrected chi connectivity index (χ3v) is 4.03. The van der Waals surface area contributed by atoms with E-state index in [4.69, 9.17) is 0 Å². The highest BCUT2D eigenvalue weighted by Crippen LogP contribution is 2.29. The number of aryl methyl sites for hydroxylation is 1. The molecule has 3 aromatic rings. The first-order chi connectivity index (χ1) is 13.3. The molecule has 0 bridgehead atoms. The highest BCUT2D eigenvalue weighted by atomic mass is 19.4. The fraction of sp³-hybridized carbons (Fsp3) is 0.316. The van der Waals surface area contributed by atoms with Gasteiger partial charge in [0.2, 0.25) is 5.95 Å². The standard InChI is InChI=1S/C19H21F3N6/c1-13-9-17(27-18(26-13)28-8-7-23-12-28)25-14(2)10-24-11-15-3-5-16(6-4-15)19(20,21)22/h3-9,12,14,24H,10-11H2,1-2H3,(H,25,26,27). The molecule has 3 rings (SSSR count). The average molecular weight is 390 g/mol. The number of hydrogen-bond donors (Lipinski definition) is 2. The summed E-state index contributed by atoms with van der Waals surface area (Å²) in [4.78, 5) is 12.9. The molecule has 0 saturated carbocycles. The van der Waals surface area contributed by atoms with Crippen LogP contribution < -0.4 is 10.6 Å². The van der Waals surface area contributed by atoms with Crippen LogP contribution >= 0.6 is 0 Å². The maximum absolute atomic E-state index is 12.6. The van der Waals surface area contributed by atoms with Gasteiger partial charge in [-0.2, -0.15) is 18.2 Å². The van der Waals surface area contributed by atoms with Gasteiger partial charge in [-0.1, -0.05) is 12.1 Å². The van der Waals surface area contributed by atoms with Crippen LogP contribution in [0, 0.1) is 6.92 Å². The number of aromatic nitrogens is 4. The Hall–Kier alpha value is -2.94. The van der Waals surface area contributed by atoms with Gasteiger partial charge in [-0.25, -0.2) is 9.97 Å². The van der Waals surface area contributed by atoms with E-state index in [1.165, 1.54) is 12.1 Å². The molecule has 6 nitrogen and oxygen atoms in total. The van der Waals surface area contributed by atoms with Gasteiger partial charge in [0.25, 0.3) is 0 Å². The topological polar surface area (TPSA) is 67.7 Å². The maximum atomic E-state index is 12.6. The quantitative estimate of drug-likeness (QED) is 0.646. The molecule has 0 aliphatic rings. The number of alkyl halides is 3. The molecule has 1 atom stereocenters. The predicted molar refractivity (Wildman–Crippen MR) is 100 cm³/mol. The first kappa shape index (κ1) is 19.8. The second-order valence-corrected chi connectivity index (χ2v) is 6.54. The van der Waals surface area contributed by atoms with Gasteiger partial charge >= 0.3 is 6.18 Å². The van der Waals surface area contributed by atoms with Crippen LogP contribution in [0.2, 0.25) is 0 Å². The molecular weight excluding hydrogens is 369 g/mol. The summed E-state index contributed by atoms with van der Waals surface area (Å²) >= 11 is 0. The molecule has 148 valence electrons. The van der Waals surface area contributed by atoms with Gasteiger partial charge in [0.15, 0.2) is 0 Å². The third kappa shape index (κ3) is 5.29. The highest BCUT2D eigenvalue weighted by molar-refractivity contribution is 5.39. The van der Waals surface area contributed by atoms with Crippen molar-refractivity contribution < 1.29 is 13.2 Å². The van der Waals surface area contributed by atoms with Crippen LogP contribution in [0.15, 0.2) is 49.1 Å². The molecule has 2 heterocycles. The molecule has 2 N–H and O–H groups in total. The Balaban J connectivity index is 1.53. The van der Waals surface area contributed by atoms with Crippen LogP contribution in [0.1, 0.15) is 23.7 Å². The Kier molecular flexibility index (Phi) is 5.93. The number of benzene rings is 1. The molecule has 0 radical (unpaired) electrons. The number of anilines is 1. The molecule has 0 saturated heterocycles. The SMILES string of the molecule is Cc1cc(NC(C)CNCc2ccc(C(F)(F)F)cc2)nc(-n2ccnc2)n1. The van der Waals surface area contributed by atoms with Crippen LogP contribution in [0.3, 0.4) is 0 Å². The lowest BCUT2D eigenvalue weighted by Gasteiger charge is -2.16. The van der Waals surface area contributed by atoms with Gasteiger partial charge in [0, 0.05) is 43.3 Å². The molecule has 0 aliphatic carbocycles. The van der Waals surface area contributed by atoms with E-state index >= 15 is 0 Å². The van der Waals surface area contributed by atoms with Gasteiger partial charge in [0.1, 0.15) is 12.1 Å². The molecular formula is C19H21F3N6. The number of imidazole rings is 1. The summed E-state index contributed by atoms with van der Waals surface area (Å²) in [5.41, 5.74) is 0.978. The van der Waals surface area contributed by atoms with Crippen molar-refractivity contribution in [1.29, 1.82) is 0 Å². The Labute approximate surface area is 160 Å².